The highest BCUT2D eigenvalue weighted by molar-refractivity contribution is 5.85. The first-order chi connectivity index (χ1) is 15.6. The highest BCUT2D eigenvalue weighted by Crippen LogP contribution is 2.47. The van der Waals surface area contributed by atoms with Crippen LogP contribution in [-0.4, -0.2) is 6.10 Å². The third-order valence-corrected chi connectivity index (χ3v) is 6.51. The van der Waals surface area contributed by atoms with Gasteiger partial charge in [0.05, 0.1) is 12.7 Å². The van der Waals surface area contributed by atoms with Gasteiger partial charge in [-0.1, -0.05) is 116 Å². The van der Waals surface area contributed by atoms with Crippen molar-refractivity contribution in [3.8, 4) is 0 Å². The summed E-state index contributed by atoms with van der Waals surface area (Å²) in [5.74, 6) is 0.895. The smallest absolute Gasteiger partial charge is 0.0900 e. The molecule has 0 saturated carbocycles. The minimum atomic E-state index is 0.0844. The van der Waals surface area contributed by atoms with E-state index in [4.69, 9.17) is 4.74 Å². The summed E-state index contributed by atoms with van der Waals surface area (Å²) in [6.07, 6.45) is 4.58. The summed E-state index contributed by atoms with van der Waals surface area (Å²) in [6, 6.07) is 32.1. The summed E-state index contributed by atoms with van der Waals surface area (Å²) in [6.45, 7) is 7.59. The van der Waals surface area contributed by atoms with Crippen LogP contribution >= 0.6 is 0 Å². The lowest BCUT2D eigenvalue weighted by atomic mass is 9.87. The van der Waals surface area contributed by atoms with E-state index in [2.05, 4.69) is 118 Å². The second-order valence-corrected chi connectivity index (χ2v) is 9.09. The van der Waals surface area contributed by atoms with Crippen molar-refractivity contribution in [1.29, 1.82) is 0 Å². The molecular formula is C31H34O. The molecule has 4 rings (SSSR count). The highest BCUT2D eigenvalue weighted by Gasteiger charge is 2.39. The fourth-order valence-electron chi connectivity index (χ4n) is 5.02. The molecule has 0 N–H and O–H groups in total. The van der Waals surface area contributed by atoms with E-state index in [1.165, 1.54) is 33.4 Å². The predicted octanol–water partition coefficient (Wildman–Crippen LogP) is 7.89. The molecule has 0 unspecified atom stereocenters. The molecule has 1 aliphatic carbocycles. The standard InChI is InChI=1S/C31H34O/c1-23(2)29-24(3)30(27-19-11-6-12-20-27)28(21-13-18-25-14-7-4-8-15-25)31(29)32-22-26-16-9-5-10-17-26/h4-12,14-17,19-21,23,29,31H,13,18,22H2,1-3H3/b28-21+/t29-,31-/m1/s1. The quantitative estimate of drug-likeness (QED) is 0.358. The minimum Gasteiger partial charge on any atom is -0.368 e. The molecule has 0 aliphatic heterocycles. The zero-order valence-electron chi connectivity index (χ0n) is 19.5. The first-order valence-electron chi connectivity index (χ1n) is 11.8. The van der Waals surface area contributed by atoms with Crippen molar-refractivity contribution in [2.45, 2.75) is 46.3 Å². The molecular weight excluding hydrogens is 388 g/mol. The van der Waals surface area contributed by atoms with Crippen LogP contribution in [0.15, 0.2) is 108 Å². The van der Waals surface area contributed by atoms with E-state index in [9.17, 15) is 0 Å². The zero-order chi connectivity index (χ0) is 22.3. The van der Waals surface area contributed by atoms with E-state index in [1.54, 1.807) is 0 Å². The molecule has 0 amide bonds. The maximum Gasteiger partial charge on any atom is 0.0900 e. The van der Waals surface area contributed by atoms with Gasteiger partial charge >= 0.3 is 0 Å². The molecule has 3 aromatic rings. The molecule has 0 radical (unpaired) electrons. The lowest BCUT2D eigenvalue weighted by Crippen LogP contribution is -2.26. The molecule has 0 heterocycles. The van der Waals surface area contributed by atoms with Crippen molar-refractivity contribution < 1.29 is 4.74 Å². The van der Waals surface area contributed by atoms with Gasteiger partial charge in [0.25, 0.3) is 0 Å². The fraction of sp³-hybridized carbons (Fsp3) is 0.290. The van der Waals surface area contributed by atoms with E-state index in [1.807, 2.05) is 0 Å². The van der Waals surface area contributed by atoms with E-state index in [-0.39, 0.29) is 6.10 Å². The Kier molecular flexibility index (Phi) is 7.39. The lowest BCUT2D eigenvalue weighted by Gasteiger charge is -2.26. The highest BCUT2D eigenvalue weighted by atomic mass is 16.5. The Hall–Kier alpha value is -2.90. The van der Waals surface area contributed by atoms with Crippen molar-refractivity contribution in [1.82, 2.24) is 0 Å². The number of benzene rings is 3. The van der Waals surface area contributed by atoms with Gasteiger partial charge in [0.15, 0.2) is 0 Å². The van der Waals surface area contributed by atoms with Crippen LogP contribution in [-0.2, 0) is 17.8 Å². The number of ether oxygens (including phenoxy) is 1. The Labute approximate surface area is 193 Å². The summed E-state index contributed by atoms with van der Waals surface area (Å²) in [4.78, 5) is 0. The third-order valence-electron chi connectivity index (χ3n) is 6.51. The number of hydrogen-bond acceptors (Lipinski definition) is 1. The average Bonchev–Trinajstić information content (AvgIpc) is 3.11. The molecule has 1 nitrogen and oxygen atoms in total. The Morgan fingerprint density at radius 1 is 0.781 bits per heavy atom. The SMILES string of the molecule is CC1=C(c2ccccc2)/C(=C\CCc2ccccc2)[C@@H](OCc2ccccc2)[C@@H]1C(C)C. The van der Waals surface area contributed by atoms with Crippen LogP contribution in [0.4, 0.5) is 0 Å². The predicted molar refractivity (Wildman–Crippen MR) is 135 cm³/mol. The second kappa shape index (κ2) is 10.6. The van der Waals surface area contributed by atoms with Gasteiger partial charge in [-0.05, 0) is 53.5 Å². The summed E-state index contributed by atoms with van der Waals surface area (Å²) in [5, 5.41) is 0. The maximum absolute atomic E-state index is 6.69. The molecule has 0 spiro atoms. The van der Waals surface area contributed by atoms with Gasteiger partial charge in [-0.3, -0.25) is 0 Å². The lowest BCUT2D eigenvalue weighted by molar-refractivity contribution is 0.0302. The Balaban J connectivity index is 1.66. The zero-order valence-corrected chi connectivity index (χ0v) is 19.5. The molecule has 0 saturated heterocycles. The van der Waals surface area contributed by atoms with Crippen molar-refractivity contribution >= 4 is 5.57 Å². The van der Waals surface area contributed by atoms with Gasteiger partial charge in [0.2, 0.25) is 0 Å². The molecule has 32 heavy (non-hydrogen) atoms. The van der Waals surface area contributed by atoms with Crippen molar-refractivity contribution in [3.63, 3.8) is 0 Å². The number of hydrogen-bond donors (Lipinski definition) is 0. The van der Waals surface area contributed by atoms with Crippen molar-refractivity contribution in [2.75, 3.05) is 0 Å². The number of rotatable bonds is 8. The molecule has 0 fully saturated rings. The average molecular weight is 423 g/mol. The third kappa shape index (κ3) is 5.11. The van der Waals surface area contributed by atoms with E-state index < -0.39 is 0 Å². The van der Waals surface area contributed by atoms with Gasteiger partial charge in [-0.15, -0.1) is 0 Å². The van der Waals surface area contributed by atoms with Gasteiger partial charge in [-0.25, -0.2) is 0 Å². The Morgan fingerprint density at radius 3 is 1.94 bits per heavy atom. The van der Waals surface area contributed by atoms with Crippen molar-refractivity contribution in [3.05, 3.63) is 125 Å². The number of allylic oxidation sites excluding steroid dienone is 1. The van der Waals surface area contributed by atoms with Crippen LogP contribution in [0.25, 0.3) is 5.57 Å². The maximum atomic E-state index is 6.69. The largest absolute Gasteiger partial charge is 0.368 e. The normalized spacial score (nSPS) is 19.8. The first-order valence-corrected chi connectivity index (χ1v) is 11.8. The second-order valence-electron chi connectivity index (χ2n) is 9.09. The molecule has 1 aliphatic rings. The Morgan fingerprint density at radius 2 is 1.34 bits per heavy atom. The van der Waals surface area contributed by atoms with Crippen LogP contribution in [0.3, 0.4) is 0 Å². The van der Waals surface area contributed by atoms with Crippen LogP contribution in [0, 0.1) is 11.8 Å². The number of aryl methyl sites for hydroxylation is 1. The van der Waals surface area contributed by atoms with Crippen molar-refractivity contribution in [2.24, 2.45) is 11.8 Å². The fourth-order valence-corrected chi connectivity index (χ4v) is 5.02. The van der Waals surface area contributed by atoms with Crippen LogP contribution in [0.2, 0.25) is 0 Å². The van der Waals surface area contributed by atoms with E-state index in [0.717, 1.165) is 12.8 Å². The molecule has 164 valence electrons. The monoisotopic (exact) mass is 422 g/mol. The molecule has 3 aromatic carbocycles. The molecule has 0 aromatic heterocycles. The van der Waals surface area contributed by atoms with Crippen LogP contribution < -0.4 is 0 Å². The molecule has 0 bridgehead atoms. The van der Waals surface area contributed by atoms with Gasteiger partial charge in [0, 0.05) is 5.92 Å². The topological polar surface area (TPSA) is 9.23 Å². The van der Waals surface area contributed by atoms with E-state index >= 15 is 0 Å². The van der Waals surface area contributed by atoms with Gasteiger partial charge in [-0.2, -0.15) is 0 Å². The van der Waals surface area contributed by atoms with Crippen LogP contribution in [0.1, 0.15) is 43.9 Å². The summed E-state index contributed by atoms with van der Waals surface area (Å²) >= 11 is 0. The van der Waals surface area contributed by atoms with E-state index in [0.29, 0.717) is 18.4 Å². The molecule has 1 heteroatoms. The minimum absolute atomic E-state index is 0.0844. The summed E-state index contributed by atoms with van der Waals surface area (Å²) in [5.41, 5.74) is 8.10. The Bertz CT molecular complexity index is 1050. The first kappa shape index (κ1) is 22.3. The summed E-state index contributed by atoms with van der Waals surface area (Å²) in [7, 11) is 0. The molecule has 2 atom stereocenters. The van der Waals surface area contributed by atoms with Gasteiger partial charge in [0.1, 0.15) is 0 Å². The summed E-state index contributed by atoms with van der Waals surface area (Å²) < 4.78 is 6.69. The van der Waals surface area contributed by atoms with Gasteiger partial charge < -0.3 is 4.74 Å². The van der Waals surface area contributed by atoms with Crippen LogP contribution in [0.5, 0.6) is 0 Å².